The van der Waals surface area contributed by atoms with Crippen LogP contribution in [0, 0.1) is 12.8 Å². The minimum absolute atomic E-state index is 0.0313. The molecule has 84 heavy (non-hydrogen) atoms. The zero-order valence-corrected chi connectivity index (χ0v) is 48.3. The molecule has 0 bridgehead atoms. The van der Waals surface area contributed by atoms with Crippen LogP contribution in [0.3, 0.4) is 0 Å². The van der Waals surface area contributed by atoms with Gasteiger partial charge in [-0.1, -0.05) is 68.8 Å². The summed E-state index contributed by atoms with van der Waals surface area (Å²) < 4.78 is 6.91. The monoisotopic (exact) mass is 1180 g/mol. The van der Waals surface area contributed by atoms with Crippen LogP contribution in [-0.2, 0) is 35.2 Å². The molecule has 4 aromatic carbocycles. The van der Waals surface area contributed by atoms with E-state index in [1.165, 1.54) is 28.4 Å². The summed E-state index contributed by atoms with van der Waals surface area (Å²) in [6, 6.07) is 25.4. The van der Waals surface area contributed by atoms with Gasteiger partial charge in [0.2, 0.25) is 23.6 Å². The summed E-state index contributed by atoms with van der Waals surface area (Å²) in [5, 5.41) is 15.8. The zero-order valence-electron chi connectivity index (χ0n) is 46.8. The molecule has 3 aliphatic rings. The van der Waals surface area contributed by atoms with Gasteiger partial charge in [0.15, 0.2) is 5.75 Å². The number of piperazine rings is 1. The van der Waals surface area contributed by atoms with E-state index < -0.39 is 30.0 Å². The molecule has 0 radical (unpaired) electrons. The molecule has 20 nitrogen and oxygen atoms in total. The topological polar surface area (TPSA) is 256 Å². The van der Waals surface area contributed by atoms with Crippen LogP contribution in [0.2, 0.25) is 0 Å². The van der Waals surface area contributed by atoms with Crippen molar-refractivity contribution in [1.82, 2.24) is 40.6 Å². The minimum Gasteiger partial charge on any atom is -0.409 e. The van der Waals surface area contributed by atoms with E-state index in [1.807, 2.05) is 80.7 Å². The second-order valence-corrected chi connectivity index (χ2v) is 23.0. The second kappa shape index (κ2) is 25.8. The van der Waals surface area contributed by atoms with E-state index in [0.29, 0.717) is 52.9 Å². The van der Waals surface area contributed by atoms with Gasteiger partial charge in [-0.25, -0.2) is 4.79 Å². The average Bonchev–Trinajstić information content (AvgIpc) is 4.02. The molecule has 6 heterocycles. The molecule has 0 saturated carbocycles. The fourth-order valence-electron chi connectivity index (χ4n) is 11.0. The Morgan fingerprint density at radius 3 is 2.20 bits per heavy atom. The number of aromatic amines is 2. The van der Waals surface area contributed by atoms with Gasteiger partial charge in [-0.3, -0.25) is 43.3 Å². The lowest BCUT2D eigenvalue weighted by Gasteiger charge is -2.34. The van der Waals surface area contributed by atoms with Gasteiger partial charge in [-0.15, -0.1) is 22.9 Å². The molecule has 6 N–H and O–H groups in total. The highest BCUT2D eigenvalue weighted by Gasteiger charge is 2.38. The van der Waals surface area contributed by atoms with Gasteiger partial charge < -0.3 is 50.7 Å². The van der Waals surface area contributed by atoms with Gasteiger partial charge in [0, 0.05) is 115 Å². The van der Waals surface area contributed by atoms with Crippen LogP contribution in [0.1, 0.15) is 89.5 Å². The molecular weight excluding hydrogens is 1110 g/mol. The molecule has 3 atom stereocenters. The number of hydrogen-bond donors (Lipinski definition) is 6. The number of nitrogens with zero attached hydrogens (tertiary/aromatic N) is 4. The number of unbranched alkanes of at least 4 members (excludes halogenated alkanes) is 2. The first kappa shape index (κ1) is 58.4. The molecule has 0 spiro atoms. The first-order valence-electron chi connectivity index (χ1n) is 28.2. The zero-order chi connectivity index (χ0) is 59.2. The van der Waals surface area contributed by atoms with Crippen LogP contribution in [-0.4, -0.2) is 142 Å². The Morgan fingerprint density at radius 2 is 1.46 bits per heavy atom. The van der Waals surface area contributed by atoms with Gasteiger partial charge >= 0.3 is 6.09 Å². The summed E-state index contributed by atoms with van der Waals surface area (Å²) in [6.45, 7) is 6.55. The number of aryl methyl sites for hydroxylation is 1. The highest BCUT2D eigenvalue weighted by atomic mass is 35.5. The molecule has 7 aromatic rings. The summed E-state index contributed by atoms with van der Waals surface area (Å²) in [4.78, 5) is 132. The van der Waals surface area contributed by atoms with Crippen molar-refractivity contribution in [2.75, 3.05) is 61.9 Å². The molecule has 10 rings (SSSR count). The minimum atomic E-state index is -1.02. The number of benzene rings is 4. The number of ether oxygens (including phenoxy) is 1. The highest BCUT2D eigenvalue weighted by Crippen LogP contribution is 2.49. The smallest absolute Gasteiger partial charge is 0.409 e. The Kier molecular flexibility index (Phi) is 17.9. The number of hydrogen-bond acceptors (Lipinski definition) is 11. The molecular formula is C62H65ClN10O10S. The predicted molar refractivity (Wildman–Crippen MR) is 321 cm³/mol. The van der Waals surface area contributed by atoms with E-state index in [0.717, 1.165) is 42.6 Å². The van der Waals surface area contributed by atoms with Crippen LogP contribution < -0.4 is 30.9 Å². The standard InChI is InChI=1S/C62H65ClN10O10S/c1-36(2)26-45(69-60(80)46(27-38-12-6-4-7-13-38)68-51(74)16-8-5-11-21-72-52(75)19-20-53(72)76)58(78)64-33-54(77)70-22-24-71(25-23-70)62(82)83-50-31-49-56(55-37(3)35-84-57(50)55)41(32-63)34-73(49)61(81)48-30-40-28-42(17-18-44(40)67-48)65-59(79)47-29-39-14-9-10-15-43(39)66-47/h4,6-7,9-10,12-15,17-20,28-31,35-36,41,45-46,66-67H,5,8,11,16,21-27,32-34H2,1-3H3,(H,64,78)(H,65,79)(H,68,74)(H,69,80)/t41-,45-,46-/m0/s1. The van der Waals surface area contributed by atoms with Crippen LogP contribution >= 0.6 is 22.9 Å². The number of halogens is 1. The van der Waals surface area contributed by atoms with E-state index in [-0.39, 0.29) is 124 Å². The van der Waals surface area contributed by atoms with E-state index in [1.54, 1.807) is 46.2 Å². The first-order chi connectivity index (χ1) is 40.5. The van der Waals surface area contributed by atoms with Crippen LogP contribution in [0.25, 0.3) is 31.9 Å². The average molecular weight is 1180 g/mol. The van der Waals surface area contributed by atoms with Crippen molar-refractivity contribution in [1.29, 1.82) is 0 Å². The SMILES string of the molecule is Cc1csc2c(OC(=O)N3CCN(C(=O)CNC(=O)[C@H](CC(C)C)NC(=O)[C@H](Cc4ccccc4)NC(=O)CCCCCN4C(=O)C=CC4=O)CC3)cc3c(c12)[C@@H](CCl)CN3C(=O)c1cc2cc(NC(=O)c3cc4ccccc4[nH]3)ccc2[nH]1. The maximum atomic E-state index is 14.6. The first-order valence-corrected chi connectivity index (χ1v) is 29.6. The summed E-state index contributed by atoms with van der Waals surface area (Å²) in [5.74, 6) is -2.93. The molecule has 436 valence electrons. The van der Waals surface area contributed by atoms with E-state index in [4.69, 9.17) is 16.3 Å². The molecule has 3 aliphatic heterocycles. The van der Waals surface area contributed by atoms with Crippen molar-refractivity contribution in [2.45, 2.75) is 77.3 Å². The molecule has 1 saturated heterocycles. The Morgan fingerprint density at radius 1 is 0.762 bits per heavy atom. The number of anilines is 2. The third kappa shape index (κ3) is 13.2. The number of para-hydroxylation sites is 1. The Bertz CT molecular complexity index is 3680. The maximum absolute atomic E-state index is 14.6. The summed E-state index contributed by atoms with van der Waals surface area (Å²) in [6.07, 6.45) is 3.91. The molecule has 3 aromatic heterocycles. The number of carbonyl (C=O) groups is 9. The van der Waals surface area contributed by atoms with E-state index in [2.05, 4.69) is 31.2 Å². The third-order valence-electron chi connectivity index (χ3n) is 15.4. The number of nitrogens with one attached hydrogen (secondary N) is 6. The lowest BCUT2D eigenvalue weighted by molar-refractivity contribution is -0.137. The number of H-pyrrole nitrogens is 2. The van der Waals surface area contributed by atoms with Crippen LogP contribution in [0.15, 0.2) is 109 Å². The maximum Gasteiger partial charge on any atom is 0.415 e. The molecule has 22 heteroatoms. The summed E-state index contributed by atoms with van der Waals surface area (Å²) in [5.41, 5.74) is 6.04. The van der Waals surface area contributed by atoms with Crippen molar-refractivity contribution in [3.63, 3.8) is 0 Å². The number of fused-ring (bicyclic) bond motifs is 5. The van der Waals surface area contributed by atoms with Crippen molar-refractivity contribution < 1.29 is 47.9 Å². The van der Waals surface area contributed by atoms with Crippen LogP contribution in [0.5, 0.6) is 5.75 Å². The normalized spacial score (nSPS) is 15.7. The fraction of sp³-hybridized carbons (Fsp3) is 0.339. The molecule has 0 aliphatic carbocycles. The lowest BCUT2D eigenvalue weighted by atomic mass is 9.97. The summed E-state index contributed by atoms with van der Waals surface area (Å²) in [7, 11) is 0. The largest absolute Gasteiger partial charge is 0.415 e. The number of imide groups is 1. The van der Waals surface area contributed by atoms with Crippen molar-refractivity contribution in [3.05, 3.63) is 137 Å². The Balaban J connectivity index is 0.738. The lowest BCUT2D eigenvalue weighted by Crippen LogP contribution is -2.56. The number of amides is 9. The number of thiophene rings is 1. The molecule has 0 unspecified atom stereocenters. The Labute approximate surface area is 493 Å². The van der Waals surface area contributed by atoms with Gasteiger partial charge in [-0.05, 0) is 90.6 Å². The number of rotatable bonds is 21. The number of aromatic nitrogens is 2. The predicted octanol–water partition coefficient (Wildman–Crippen LogP) is 7.91. The van der Waals surface area contributed by atoms with Crippen molar-refractivity contribution in [2.24, 2.45) is 5.92 Å². The van der Waals surface area contributed by atoms with Gasteiger partial charge in [-0.2, -0.15) is 0 Å². The second-order valence-electron chi connectivity index (χ2n) is 21.8. The van der Waals surface area contributed by atoms with Crippen molar-refractivity contribution >= 4 is 120 Å². The molecule has 9 amide bonds. The van der Waals surface area contributed by atoms with E-state index >= 15 is 0 Å². The van der Waals surface area contributed by atoms with Crippen molar-refractivity contribution in [3.8, 4) is 5.75 Å². The Hall–Kier alpha value is -8.82. The van der Waals surface area contributed by atoms with Gasteiger partial charge in [0.25, 0.3) is 23.6 Å². The number of carbonyl (C=O) groups excluding carboxylic acids is 9. The van der Waals surface area contributed by atoms with Crippen LogP contribution in [0.4, 0.5) is 16.2 Å². The fourth-order valence-corrected chi connectivity index (χ4v) is 12.3. The van der Waals surface area contributed by atoms with E-state index in [9.17, 15) is 43.2 Å². The van der Waals surface area contributed by atoms with Gasteiger partial charge in [0.05, 0.1) is 16.9 Å². The quantitative estimate of drug-likeness (QED) is 0.0230. The third-order valence-corrected chi connectivity index (χ3v) is 16.9. The number of alkyl halides is 1. The molecule has 1 fully saturated rings. The highest BCUT2D eigenvalue weighted by molar-refractivity contribution is 7.17. The van der Waals surface area contributed by atoms with Gasteiger partial charge in [0.1, 0.15) is 23.5 Å². The summed E-state index contributed by atoms with van der Waals surface area (Å²) >= 11 is 8.06.